The van der Waals surface area contributed by atoms with Crippen LogP contribution < -0.4 is 9.88 Å². The summed E-state index contributed by atoms with van der Waals surface area (Å²) in [5.41, 5.74) is -8.35. The van der Waals surface area contributed by atoms with E-state index in [0.29, 0.717) is 6.61 Å². The van der Waals surface area contributed by atoms with Crippen molar-refractivity contribution in [3.05, 3.63) is 76.2 Å². The number of aromatic nitrogens is 1. The van der Waals surface area contributed by atoms with Crippen molar-refractivity contribution in [1.82, 2.24) is 5.32 Å². The summed E-state index contributed by atoms with van der Waals surface area (Å²) >= 11 is 0. The fourth-order valence-electron chi connectivity index (χ4n) is 4.34. The van der Waals surface area contributed by atoms with E-state index in [1.807, 2.05) is 39.0 Å². The van der Waals surface area contributed by atoms with Gasteiger partial charge >= 0.3 is 17.1 Å². The fourth-order valence-corrected chi connectivity index (χ4v) is 6.05. The van der Waals surface area contributed by atoms with Crippen LogP contribution in [0.25, 0.3) is 9.70 Å². The van der Waals surface area contributed by atoms with E-state index in [0.717, 1.165) is 59.5 Å². The van der Waals surface area contributed by atoms with E-state index in [1.165, 1.54) is 31.4 Å². The lowest BCUT2D eigenvalue weighted by Crippen LogP contribution is -2.41. The summed E-state index contributed by atoms with van der Waals surface area (Å²) in [7, 11) is -13.4. The quantitative estimate of drug-likeness (QED) is 0.0986. The largest absolute Gasteiger partial charge is 0.480 e. The van der Waals surface area contributed by atoms with Gasteiger partial charge < -0.3 is 14.2 Å². The summed E-state index contributed by atoms with van der Waals surface area (Å²) in [6.07, 6.45) is 12.4. The van der Waals surface area contributed by atoms with Crippen LogP contribution in [0.15, 0.2) is 55.2 Å². The number of carbonyl (C=O) groups excluding carboxylic acids is 1. The van der Waals surface area contributed by atoms with Crippen molar-refractivity contribution in [2.45, 2.75) is 109 Å². The Morgan fingerprint density at radius 1 is 0.857 bits per heavy atom. The van der Waals surface area contributed by atoms with Gasteiger partial charge in [0.1, 0.15) is 6.54 Å². The molecule has 49 heavy (non-hydrogen) atoms. The molecule has 278 valence electrons. The van der Waals surface area contributed by atoms with Gasteiger partial charge in [-0.05, 0) is 63.6 Å². The molecule has 1 aromatic heterocycles. The van der Waals surface area contributed by atoms with Gasteiger partial charge in [0, 0.05) is 25.0 Å². The Kier molecular flexibility index (Phi) is 17.2. The second-order valence-electron chi connectivity index (χ2n) is 11.8. The molecule has 9 nitrogen and oxygen atoms in total. The lowest BCUT2D eigenvalue weighted by molar-refractivity contribution is -0.704. The standard InChI is InChI=1S/C30H44N2O2.C2F6NO4S2/c1-6-7-8-11-19-28-20-12-14-22-32(28)21-13-9-10-15-23-34-29(33)31-30(4,5)27-18-16-17-26(24-27)25(2)3;3-1(4,5)14(10,11)9-15(12,13)2(6,7)8/h12,14,16-18,20,22,24H,2,6-11,13,15,19,21,23H2,1,3-5H3;/q;-1/p+1. The number of nitrogens with zero attached hydrogens (tertiary/aromatic N) is 2. The molecular weight excluding hydrogens is 700 g/mol. The van der Waals surface area contributed by atoms with E-state index >= 15 is 0 Å². The van der Waals surface area contributed by atoms with Crippen molar-refractivity contribution < 1.29 is 57.3 Å². The zero-order valence-electron chi connectivity index (χ0n) is 28.0. The Bertz CT molecular complexity index is 1540. The van der Waals surface area contributed by atoms with Crippen molar-refractivity contribution in [2.24, 2.45) is 0 Å². The van der Waals surface area contributed by atoms with E-state index in [1.54, 1.807) is 0 Å². The number of sulfonamides is 2. The molecule has 0 radical (unpaired) electrons. The van der Waals surface area contributed by atoms with Crippen molar-refractivity contribution >= 4 is 31.7 Å². The summed E-state index contributed by atoms with van der Waals surface area (Å²) in [5, 5.41) is 3.00. The number of allylic oxidation sites excluding steroid dienone is 1. The normalized spacial score (nSPS) is 12.5. The molecule has 1 amide bonds. The molecule has 1 N–H and O–H groups in total. The van der Waals surface area contributed by atoms with Crippen LogP contribution in [-0.2, 0) is 43.3 Å². The maximum absolute atomic E-state index is 12.3. The first-order chi connectivity index (χ1) is 22.5. The second-order valence-corrected chi connectivity index (χ2v) is 15.2. The molecule has 0 unspecified atom stereocenters. The Balaban J connectivity index is 0.000000673. The van der Waals surface area contributed by atoms with Crippen LogP contribution in [0.3, 0.4) is 0 Å². The van der Waals surface area contributed by atoms with Gasteiger partial charge in [-0.1, -0.05) is 62.6 Å². The summed E-state index contributed by atoms with van der Waals surface area (Å²) in [6.45, 7) is 13.7. The number of benzene rings is 1. The van der Waals surface area contributed by atoms with Gasteiger partial charge in [-0.3, -0.25) is 0 Å². The zero-order chi connectivity index (χ0) is 37.5. The minimum absolute atomic E-state index is 0.363. The van der Waals surface area contributed by atoms with Gasteiger partial charge in [-0.15, -0.1) is 0 Å². The highest BCUT2D eigenvalue weighted by molar-refractivity contribution is 8.13. The number of hydrogen-bond donors (Lipinski definition) is 1. The average molecular weight is 746 g/mol. The van der Waals surface area contributed by atoms with Crippen molar-refractivity contribution in [1.29, 1.82) is 0 Å². The molecular formula is C32H45F6N3O6S2. The lowest BCUT2D eigenvalue weighted by Gasteiger charge is -2.27. The summed E-state index contributed by atoms with van der Waals surface area (Å²) in [6, 6.07) is 14.7. The SMILES string of the molecule is C=C(C)c1cccc(C(C)(C)NC(=O)OCCCCCC[n+]2ccccc2CCCCCC)c1.O=S(=O)([N-]S(=O)(=O)C(F)(F)F)C(F)(F)F. The third-order valence-electron chi connectivity index (χ3n) is 7.12. The highest BCUT2D eigenvalue weighted by Crippen LogP contribution is 2.36. The van der Waals surface area contributed by atoms with Crippen LogP contribution in [0.1, 0.15) is 95.9 Å². The molecule has 0 fully saturated rings. The van der Waals surface area contributed by atoms with Crippen LogP contribution in [-0.4, -0.2) is 40.6 Å². The number of alkyl carbamates (subject to hydrolysis) is 1. The highest BCUT2D eigenvalue weighted by Gasteiger charge is 2.47. The van der Waals surface area contributed by atoms with E-state index in [4.69, 9.17) is 4.74 Å². The van der Waals surface area contributed by atoms with E-state index < -0.39 is 36.6 Å². The first-order valence-corrected chi connectivity index (χ1v) is 18.5. The minimum Gasteiger partial charge on any atom is -0.450 e. The Morgan fingerprint density at radius 3 is 2.02 bits per heavy atom. The second kappa shape index (κ2) is 19.3. The van der Waals surface area contributed by atoms with Gasteiger partial charge in [0.25, 0.3) is 0 Å². The number of ether oxygens (including phenoxy) is 1. The van der Waals surface area contributed by atoms with E-state index in [2.05, 4.69) is 53.8 Å². The molecule has 0 bridgehead atoms. The van der Waals surface area contributed by atoms with Gasteiger partial charge in [-0.25, -0.2) is 26.2 Å². The number of rotatable bonds is 17. The third kappa shape index (κ3) is 15.5. The van der Waals surface area contributed by atoms with Crippen LogP contribution in [0.2, 0.25) is 0 Å². The molecule has 0 saturated carbocycles. The number of pyridine rings is 1. The topological polar surface area (TPSA) is 125 Å². The molecule has 0 spiro atoms. The molecule has 0 atom stereocenters. The third-order valence-corrected chi connectivity index (χ3v) is 9.86. The predicted molar refractivity (Wildman–Crippen MR) is 175 cm³/mol. The number of halogens is 6. The van der Waals surface area contributed by atoms with E-state index in [-0.39, 0.29) is 6.09 Å². The molecule has 0 saturated heterocycles. The Morgan fingerprint density at radius 2 is 1.45 bits per heavy atom. The Hall–Kier alpha value is -3.18. The molecule has 1 aromatic carbocycles. The predicted octanol–water partition coefficient (Wildman–Crippen LogP) is 8.41. The molecule has 0 aliphatic rings. The van der Waals surface area contributed by atoms with Gasteiger partial charge in [-0.2, -0.15) is 26.3 Å². The fraction of sp³-hybridized carbons (Fsp3) is 0.562. The molecule has 1 heterocycles. The number of aryl methyl sites for hydroxylation is 2. The highest BCUT2D eigenvalue weighted by atomic mass is 32.3. The number of hydrogen-bond acceptors (Lipinski definition) is 6. The van der Waals surface area contributed by atoms with Crippen molar-refractivity contribution in [2.75, 3.05) is 6.61 Å². The number of alkyl halides is 6. The van der Waals surface area contributed by atoms with Crippen LogP contribution in [0.5, 0.6) is 0 Å². The zero-order valence-corrected chi connectivity index (χ0v) is 29.7. The first kappa shape index (κ1) is 43.8. The number of amides is 1. The van der Waals surface area contributed by atoms with Crippen molar-refractivity contribution in [3.8, 4) is 0 Å². The van der Waals surface area contributed by atoms with E-state index in [9.17, 15) is 48.0 Å². The average Bonchev–Trinajstić information content (AvgIpc) is 2.98. The summed E-state index contributed by atoms with van der Waals surface area (Å²) < 4.78 is 117. The first-order valence-electron chi connectivity index (χ1n) is 15.6. The van der Waals surface area contributed by atoms with Crippen LogP contribution in [0.4, 0.5) is 31.1 Å². The number of carbonyl (C=O) groups is 1. The summed E-state index contributed by atoms with van der Waals surface area (Å²) in [4.78, 5) is 12.3. The summed E-state index contributed by atoms with van der Waals surface area (Å²) in [5.74, 6) is 0. The van der Waals surface area contributed by atoms with Crippen LogP contribution in [0, 0.1) is 0 Å². The van der Waals surface area contributed by atoms with Gasteiger partial charge in [0.05, 0.1) is 12.1 Å². The van der Waals surface area contributed by atoms with Gasteiger partial charge in [0.15, 0.2) is 31.9 Å². The minimum atomic E-state index is -6.72. The smallest absolute Gasteiger partial charge is 0.450 e. The van der Waals surface area contributed by atoms with Crippen molar-refractivity contribution in [3.63, 3.8) is 0 Å². The number of unbranched alkanes of at least 4 members (excludes halogenated alkanes) is 6. The number of nitrogens with one attached hydrogen (secondary N) is 1. The van der Waals surface area contributed by atoms with Gasteiger partial charge in [0.2, 0.25) is 0 Å². The molecule has 2 aromatic rings. The monoisotopic (exact) mass is 745 g/mol. The lowest BCUT2D eigenvalue weighted by atomic mass is 9.92. The Labute approximate surface area is 285 Å². The maximum atomic E-state index is 12.3. The molecule has 2 rings (SSSR count). The molecule has 0 aliphatic heterocycles. The molecule has 17 heteroatoms. The maximum Gasteiger partial charge on any atom is 0.480 e. The van der Waals surface area contributed by atoms with Crippen LogP contribution >= 0.6 is 0 Å². The molecule has 0 aliphatic carbocycles.